The number of hydrogen-bond acceptors (Lipinski definition) is 3. The highest BCUT2D eigenvalue weighted by Crippen LogP contribution is 2.24. The van der Waals surface area contributed by atoms with Crippen LogP contribution in [0.1, 0.15) is 22.0 Å². The van der Waals surface area contributed by atoms with Crippen LogP contribution in [0.25, 0.3) is 5.65 Å². The van der Waals surface area contributed by atoms with E-state index >= 15 is 0 Å². The van der Waals surface area contributed by atoms with Gasteiger partial charge in [-0.05, 0) is 38.4 Å². The maximum absolute atomic E-state index is 14.1. The van der Waals surface area contributed by atoms with Crippen LogP contribution < -0.4 is 5.32 Å². The number of hydrogen-bond donors (Lipinski definition) is 1. The minimum atomic E-state index is -0.632. The summed E-state index contributed by atoms with van der Waals surface area (Å²) in [6.45, 7) is 0.0751. The molecule has 25 heavy (non-hydrogen) atoms. The molecule has 1 amide bonds. The predicted molar refractivity (Wildman–Crippen MR) is 90.3 cm³/mol. The quantitative estimate of drug-likeness (QED) is 0.774. The molecule has 0 saturated heterocycles. The largest absolute Gasteiger partial charge is 0.350 e. The third-order valence-electron chi connectivity index (χ3n) is 4.06. The van der Waals surface area contributed by atoms with Gasteiger partial charge in [-0.3, -0.25) is 4.79 Å². The van der Waals surface area contributed by atoms with E-state index in [2.05, 4.69) is 10.3 Å². The molecule has 0 aliphatic carbocycles. The molecule has 0 fully saturated rings. The first-order valence-electron chi connectivity index (χ1n) is 7.78. The molecule has 0 bridgehead atoms. The van der Waals surface area contributed by atoms with Crippen LogP contribution in [-0.2, 0) is 0 Å². The van der Waals surface area contributed by atoms with Gasteiger partial charge in [0.2, 0.25) is 0 Å². The molecule has 0 aliphatic rings. The average molecular weight is 344 g/mol. The number of fused-ring (bicyclic) bond motifs is 1. The molecular formula is C18H18F2N4O. The number of halogens is 2. The van der Waals surface area contributed by atoms with Gasteiger partial charge in [0.25, 0.3) is 5.91 Å². The molecule has 0 unspecified atom stereocenters. The lowest BCUT2D eigenvalue weighted by atomic mass is 10.0. The van der Waals surface area contributed by atoms with Crippen LogP contribution in [0.2, 0.25) is 0 Å². The van der Waals surface area contributed by atoms with Gasteiger partial charge < -0.3 is 14.6 Å². The van der Waals surface area contributed by atoms with E-state index < -0.39 is 17.7 Å². The SMILES string of the molecule is CN(C)[C@H](CNC(=O)c1ccc2nccn2c1)c1c(F)cccc1F. The van der Waals surface area contributed by atoms with Crippen molar-refractivity contribution in [3.05, 3.63) is 71.7 Å². The number of amides is 1. The van der Waals surface area contributed by atoms with Gasteiger partial charge in [-0.15, -0.1) is 0 Å². The van der Waals surface area contributed by atoms with Crippen molar-refractivity contribution in [1.29, 1.82) is 0 Å². The molecule has 3 aromatic rings. The maximum Gasteiger partial charge on any atom is 0.252 e. The van der Waals surface area contributed by atoms with E-state index in [4.69, 9.17) is 0 Å². The molecule has 3 rings (SSSR count). The molecule has 0 radical (unpaired) electrons. The fraction of sp³-hybridized carbons (Fsp3) is 0.222. The number of imidazole rings is 1. The third-order valence-corrected chi connectivity index (χ3v) is 4.06. The minimum Gasteiger partial charge on any atom is -0.350 e. The zero-order valence-electron chi connectivity index (χ0n) is 13.9. The lowest BCUT2D eigenvalue weighted by Crippen LogP contribution is -2.35. The van der Waals surface area contributed by atoms with E-state index in [1.165, 1.54) is 18.2 Å². The van der Waals surface area contributed by atoms with Crippen LogP contribution >= 0.6 is 0 Å². The Kier molecular flexibility index (Phi) is 4.76. The highest BCUT2D eigenvalue weighted by atomic mass is 19.1. The molecule has 1 aromatic carbocycles. The number of carbonyl (C=O) groups excluding carboxylic acids is 1. The van der Waals surface area contributed by atoms with Crippen LogP contribution in [0.3, 0.4) is 0 Å². The summed E-state index contributed by atoms with van der Waals surface area (Å²) in [6.07, 6.45) is 5.04. The molecule has 1 atom stereocenters. The maximum atomic E-state index is 14.1. The molecule has 2 aromatic heterocycles. The minimum absolute atomic E-state index is 0.0575. The lowest BCUT2D eigenvalue weighted by molar-refractivity contribution is 0.0940. The molecule has 0 spiro atoms. The fourth-order valence-corrected chi connectivity index (χ4v) is 2.72. The summed E-state index contributed by atoms with van der Waals surface area (Å²) in [5.41, 5.74) is 1.12. The fourth-order valence-electron chi connectivity index (χ4n) is 2.72. The van der Waals surface area contributed by atoms with Gasteiger partial charge in [0.1, 0.15) is 17.3 Å². The molecule has 130 valence electrons. The smallest absolute Gasteiger partial charge is 0.252 e. The zero-order valence-corrected chi connectivity index (χ0v) is 13.9. The van der Waals surface area contributed by atoms with Gasteiger partial charge in [0, 0.05) is 30.7 Å². The van der Waals surface area contributed by atoms with Crippen LogP contribution in [0.5, 0.6) is 0 Å². The van der Waals surface area contributed by atoms with E-state index in [1.54, 1.807) is 54.1 Å². The van der Waals surface area contributed by atoms with E-state index in [1.807, 2.05) is 0 Å². The summed E-state index contributed by atoms with van der Waals surface area (Å²) in [5, 5.41) is 2.74. The van der Waals surface area contributed by atoms with Gasteiger partial charge in [-0.25, -0.2) is 13.8 Å². The number of carbonyl (C=O) groups is 1. The van der Waals surface area contributed by atoms with E-state index in [-0.39, 0.29) is 18.0 Å². The Morgan fingerprint density at radius 3 is 2.64 bits per heavy atom. The van der Waals surface area contributed by atoms with Crippen LogP contribution in [0.15, 0.2) is 48.9 Å². The summed E-state index contributed by atoms with van der Waals surface area (Å²) in [7, 11) is 3.42. The third kappa shape index (κ3) is 3.51. The summed E-state index contributed by atoms with van der Waals surface area (Å²) in [4.78, 5) is 18.2. The second-order valence-corrected chi connectivity index (χ2v) is 5.94. The van der Waals surface area contributed by atoms with Crippen molar-refractivity contribution in [3.63, 3.8) is 0 Å². The summed E-state index contributed by atoms with van der Waals surface area (Å²) in [5.74, 6) is -1.58. The van der Waals surface area contributed by atoms with Gasteiger partial charge in [-0.2, -0.15) is 0 Å². The van der Waals surface area contributed by atoms with E-state index in [9.17, 15) is 13.6 Å². The van der Waals surface area contributed by atoms with Gasteiger partial charge in [-0.1, -0.05) is 6.07 Å². The number of benzene rings is 1. The second kappa shape index (κ2) is 6.98. The number of aromatic nitrogens is 2. The number of nitrogens with zero attached hydrogens (tertiary/aromatic N) is 3. The Morgan fingerprint density at radius 1 is 1.24 bits per heavy atom. The normalized spacial score (nSPS) is 12.5. The van der Waals surface area contributed by atoms with Crippen molar-refractivity contribution in [2.45, 2.75) is 6.04 Å². The second-order valence-electron chi connectivity index (χ2n) is 5.94. The number of rotatable bonds is 5. The average Bonchev–Trinajstić information content (AvgIpc) is 3.04. The highest BCUT2D eigenvalue weighted by molar-refractivity contribution is 5.94. The summed E-state index contributed by atoms with van der Waals surface area (Å²) >= 11 is 0. The van der Waals surface area contributed by atoms with Crippen LogP contribution in [-0.4, -0.2) is 40.8 Å². The predicted octanol–water partition coefficient (Wildman–Crippen LogP) is 2.65. The van der Waals surface area contributed by atoms with E-state index in [0.29, 0.717) is 5.56 Å². The molecule has 2 heterocycles. The van der Waals surface area contributed by atoms with Crippen molar-refractivity contribution < 1.29 is 13.6 Å². The van der Waals surface area contributed by atoms with Gasteiger partial charge in [0.15, 0.2) is 0 Å². The summed E-state index contributed by atoms with van der Waals surface area (Å²) in [6, 6.07) is 6.51. The van der Waals surface area contributed by atoms with Crippen LogP contribution in [0.4, 0.5) is 8.78 Å². The van der Waals surface area contributed by atoms with Crippen molar-refractivity contribution in [3.8, 4) is 0 Å². The van der Waals surface area contributed by atoms with Crippen LogP contribution in [0, 0.1) is 11.6 Å². The van der Waals surface area contributed by atoms with Gasteiger partial charge >= 0.3 is 0 Å². The van der Waals surface area contributed by atoms with Crippen molar-refractivity contribution >= 4 is 11.6 Å². The van der Waals surface area contributed by atoms with Crippen molar-refractivity contribution in [1.82, 2.24) is 19.6 Å². The molecule has 1 N–H and O–H groups in total. The molecule has 7 heteroatoms. The first-order chi connectivity index (χ1) is 12.0. The Bertz CT molecular complexity index is 887. The van der Waals surface area contributed by atoms with E-state index in [0.717, 1.165) is 5.65 Å². The number of likely N-dealkylation sites (N-methyl/N-ethyl adjacent to an activating group) is 1. The first-order valence-corrected chi connectivity index (χ1v) is 7.78. The van der Waals surface area contributed by atoms with Crippen molar-refractivity contribution in [2.75, 3.05) is 20.6 Å². The molecule has 5 nitrogen and oxygen atoms in total. The lowest BCUT2D eigenvalue weighted by Gasteiger charge is -2.25. The Balaban J connectivity index is 1.78. The standard InChI is InChI=1S/C18H18F2N4O/c1-23(2)15(17-13(19)4-3-5-14(17)20)10-22-18(25)12-6-7-16-21-8-9-24(16)11-12/h3-9,11,15H,10H2,1-2H3,(H,22,25)/t15-/m1/s1. The first kappa shape index (κ1) is 17.0. The summed E-state index contributed by atoms with van der Waals surface area (Å²) < 4.78 is 29.8. The molecule has 0 aliphatic heterocycles. The molecular weight excluding hydrogens is 326 g/mol. The molecule has 0 saturated carbocycles. The number of pyridine rings is 1. The zero-order chi connectivity index (χ0) is 18.0. The topological polar surface area (TPSA) is 49.6 Å². The highest BCUT2D eigenvalue weighted by Gasteiger charge is 2.23. The Morgan fingerprint density at radius 2 is 1.96 bits per heavy atom. The van der Waals surface area contributed by atoms with Gasteiger partial charge in [0.05, 0.1) is 11.6 Å². The van der Waals surface area contributed by atoms with Crippen molar-refractivity contribution in [2.24, 2.45) is 0 Å². The Hall–Kier alpha value is -2.80. The number of nitrogens with one attached hydrogen (secondary N) is 1. The Labute approximate surface area is 143 Å². The monoisotopic (exact) mass is 344 g/mol.